The highest BCUT2D eigenvalue weighted by Gasteiger charge is 1.99. The van der Waals surface area contributed by atoms with E-state index in [-0.39, 0.29) is 0 Å². The molecule has 1 aromatic rings. The first-order valence-electron chi connectivity index (χ1n) is 3.00. The molecule has 54 valence electrons. The van der Waals surface area contributed by atoms with Crippen molar-refractivity contribution < 1.29 is 4.79 Å². The molecule has 0 spiro atoms. The van der Waals surface area contributed by atoms with Gasteiger partial charge in [0.1, 0.15) is 6.29 Å². The Kier molecular flexibility index (Phi) is 2.90. The first-order valence-corrected chi connectivity index (χ1v) is 4.26. The van der Waals surface area contributed by atoms with Gasteiger partial charge < -0.3 is 4.79 Å². The minimum atomic E-state index is 0.570. The van der Waals surface area contributed by atoms with Gasteiger partial charge in [0.2, 0.25) is 0 Å². The molecule has 1 rings (SSSR count). The van der Waals surface area contributed by atoms with E-state index in [0.29, 0.717) is 6.42 Å². The Morgan fingerprint density at radius 1 is 1.70 bits per heavy atom. The molecule has 0 bridgehead atoms. The van der Waals surface area contributed by atoms with Crippen LogP contribution in [0.4, 0.5) is 0 Å². The summed E-state index contributed by atoms with van der Waals surface area (Å²) in [5, 5.41) is 2.72. The quantitative estimate of drug-likeness (QED) is 0.644. The third kappa shape index (κ3) is 1.82. The summed E-state index contributed by atoms with van der Waals surface area (Å²) in [4.78, 5) is 11.1. The van der Waals surface area contributed by atoms with Crippen molar-refractivity contribution in [3.05, 3.63) is 21.3 Å². The Labute approximate surface area is 68.6 Å². The maximum Gasteiger partial charge on any atom is 0.120 e. The fourth-order valence-corrected chi connectivity index (χ4v) is 1.84. The van der Waals surface area contributed by atoms with Crippen molar-refractivity contribution in [1.82, 2.24) is 0 Å². The largest absolute Gasteiger partial charge is 0.303 e. The van der Waals surface area contributed by atoms with E-state index < -0.39 is 0 Å². The molecule has 0 amide bonds. The Bertz CT molecular complexity index is 219. The van der Waals surface area contributed by atoms with Gasteiger partial charge in [-0.3, -0.25) is 0 Å². The average Bonchev–Trinajstić information content (AvgIpc) is 2.31. The molecule has 1 aromatic heterocycles. The molecular formula is C7H7ClOS. The summed E-state index contributed by atoms with van der Waals surface area (Å²) in [5.74, 6) is 0. The van der Waals surface area contributed by atoms with Crippen LogP contribution in [0, 0.1) is 0 Å². The number of thiophene rings is 1. The Morgan fingerprint density at radius 3 is 3.00 bits per heavy atom. The predicted octanol–water partition coefficient (Wildman–Crippen LogP) is 2.53. The summed E-state index contributed by atoms with van der Waals surface area (Å²) in [5.41, 5.74) is 0. The zero-order valence-corrected chi connectivity index (χ0v) is 6.91. The van der Waals surface area contributed by atoms with Crippen molar-refractivity contribution in [2.45, 2.75) is 12.8 Å². The van der Waals surface area contributed by atoms with Crippen LogP contribution in [0.25, 0.3) is 0 Å². The Hall–Kier alpha value is -0.340. The summed E-state index contributed by atoms with van der Waals surface area (Å²) in [6.07, 6.45) is 2.26. The van der Waals surface area contributed by atoms with Crippen LogP contribution >= 0.6 is 22.9 Å². The summed E-state index contributed by atoms with van der Waals surface area (Å²) < 4.78 is 0. The van der Waals surface area contributed by atoms with Crippen molar-refractivity contribution in [3.8, 4) is 0 Å². The molecule has 0 unspecified atom stereocenters. The molecule has 0 saturated carbocycles. The van der Waals surface area contributed by atoms with E-state index in [9.17, 15) is 4.79 Å². The van der Waals surface area contributed by atoms with E-state index in [2.05, 4.69) is 0 Å². The van der Waals surface area contributed by atoms with Gasteiger partial charge in [0, 0.05) is 11.3 Å². The lowest BCUT2D eigenvalue weighted by molar-refractivity contribution is -0.107. The summed E-state index contributed by atoms with van der Waals surface area (Å²) in [6.45, 7) is 0. The standard InChI is InChI=1S/C7H7ClOS/c8-6-3-5-10-7(6)2-1-4-9/h3-5H,1-2H2. The second kappa shape index (κ2) is 3.74. The fourth-order valence-electron chi connectivity index (χ4n) is 0.693. The number of halogens is 1. The van der Waals surface area contributed by atoms with Gasteiger partial charge in [-0.05, 0) is 17.9 Å². The number of hydrogen-bond donors (Lipinski definition) is 0. The zero-order valence-electron chi connectivity index (χ0n) is 5.34. The van der Waals surface area contributed by atoms with Gasteiger partial charge in [-0.15, -0.1) is 11.3 Å². The van der Waals surface area contributed by atoms with E-state index >= 15 is 0 Å². The van der Waals surface area contributed by atoms with Crippen molar-refractivity contribution in [3.63, 3.8) is 0 Å². The van der Waals surface area contributed by atoms with Gasteiger partial charge in [0.05, 0.1) is 5.02 Å². The highest BCUT2D eigenvalue weighted by molar-refractivity contribution is 7.10. The summed E-state index contributed by atoms with van der Waals surface area (Å²) in [6, 6.07) is 1.85. The number of rotatable bonds is 3. The van der Waals surface area contributed by atoms with Crippen LogP contribution < -0.4 is 0 Å². The lowest BCUT2D eigenvalue weighted by Crippen LogP contribution is -1.80. The number of carbonyl (C=O) groups excluding carboxylic acids is 1. The molecule has 0 aliphatic carbocycles. The van der Waals surface area contributed by atoms with Crippen LogP contribution in [0.1, 0.15) is 11.3 Å². The Balaban J connectivity index is 2.56. The highest BCUT2D eigenvalue weighted by atomic mass is 35.5. The number of hydrogen-bond acceptors (Lipinski definition) is 2. The van der Waals surface area contributed by atoms with Gasteiger partial charge in [-0.25, -0.2) is 0 Å². The lowest BCUT2D eigenvalue weighted by atomic mass is 10.3. The van der Waals surface area contributed by atoms with Crippen LogP contribution in [0.5, 0.6) is 0 Å². The molecule has 1 heterocycles. The SMILES string of the molecule is O=CCCc1sccc1Cl. The van der Waals surface area contributed by atoms with E-state index in [1.54, 1.807) is 11.3 Å². The monoisotopic (exact) mass is 174 g/mol. The van der Waals surface area contributed by atoms with Crippen LogP contribution in [-0.2, 0) is 11.2 Å². The van der Waals surface area contributed by atoms with Crippen molar-refractivity contribution in [1.29, 1.82) is 0 Å². The summed E-state index contributed by atoms with van der Waals surface area (Å²) >= 11 is 7.37. The molecule has 0 atom stereocenters. The maximum atomic E-state index is 9.97. The minimum absolute atomic E-state index is 0.570. The van der Waals surface area contributed by atoms with Crippen LogP contribution in [-0.4, -0.2) is 6.29 Å². The van der Waals surface area contributed by atoms with Crippen molar-refractivity contribution in [2.75, 3.05) is 0 Å². The zero-order chi connectivity index (χ0) is 7.40. The van der Waals surface area contributed by atoms with Crippen LogP contribution in [0.2, 0.25) is 5.02 Å². The van der Waals surface area contributed by atoms with E-state index in [1.165, 1.54) is 0 Å². The molecule has 0 aliphatic heterocycles. The Morgan fingerprint density at radius 2 is 2.50 bits per heavy atom. The molecule has 0 aliphatic rings. The van der Waals surface area contributed by atoms with Gasteiger partial charge in [-0.2, -0.15) is 0 Å². The fraction of sp³-hybridized carbons (Fsp3) is 0.286. The van der Waals surface area contributed by atoms with Crippen molar-refractivity contribution in [2.24, 2.45) is 0 Å². The summed E-state index contributed by atoms with van der Waals surface area (Å²) in [7, 11) is 0. The average molecular weight is 175 g/mol. The van der Waals surface area contributed by atoms with Crippen LogP contribution in [0.15, 0.2) is 11.4 Å². The molecule has 0 aromatic carbocycles. The second-order valence-corrected chi connectivity index (χ2v) is 3.30. The number of aryl methyl sites for hydroxylation is 1. The normalized spacial score (nSPS) is 9.70. The smallest absolute Gasteiger partial charge is 0.120 e. The molecular weight excluding hydrogens is 168 g/mol. The second-order valence-electron chi connectivity index (χ2n) is 1.90. The topological polar surface area (TPSA) is 17.1 Å². The first-order chi connectivity index (χ1) is 4.84. The van der Waals surface area contributed by atoms with Gasteiger partial charge in [0.25, 0.3) is 0 Å². The van der Waals surface area contributed by atoms with Gasteiger partial charge in [0.15, 0.2) is 0 Å². The molecule has 1 nitrogen and oxygen atoms in total. The highest BCUT2D eigenvalue weighted by Crippen LogP contribution is 2.22. The molecule has 3 heteroatoms. The molecule has 0 fully saturated rings. The third-order valence-corrected chi connectivity index (χ3v) is 2.63. The predicted molar refractivity (Wildman–Crippen MR) is 43.7 cm³/mol. The molecule has 0 radical (unpaired) electrons. The van der Waals surface area contributed by atoms with E-state index in [0.717, 1.165) is 22.6 Å². The number of aldehydes is 1. The maximum absolute atomic E-state index is 9.97. The van der Waals surface area contributed by atoms with Gasteiger partial charge in [-0.1, -0.05) is 11.6 Å². The van der Waals surface area contributed by atoms with Gasteiger partial charge >= 0.3 is 0 Å². The van der Waals surface area contributed by atoms with Crippen LogP contribution in [0.3, 0.4) is 0 Å². The van der Waals surface area contributed by atoms with E-state index in [4.69, 9.17) is 11.6 Å². The minimum Gasteiger partial charge on any atom is -0.303 e. The number of carbonyl (C=O) groups is 1. The molecule has 10 heavy (non-hydrogen) atoms. The van der Waals surface area contributed by atoms with Crippen molar-refractivity contribution >= 4 is 29.2 Å². The van der Waals surface area contributed by atoms with E-state index in [1.807, 2.05) is 11.4 Å². The molecule has 0 N–H and O–H groups in total. The lowest BCUT2D eigenvalue weighted by Gasteiger charge is -1.89. The first kappa shape index (κ1) is 7.76. The molecule has 0 saturated heterocycles. The third-order valence-electron chi connectivity index (χ3n) is 1.18.